The molecule has 0 bridgehead atoms. The Labute approximate surface area is 213 Å². The molecule has 2 aliphatic carbocycles. The molecule has 0 saturated heterocycles. The lowest BCUT2D eigenvalue weighted by atomic mass is 9.76. The zero-order chi connectivity index (χ0) is 25.4. The molecule has 2 atom stereocenters. The summed E-state index contributed by atoms with van der Waals surface area (Å²) in [6.45, 7) is 5.96. The number of amides is 1. The van der Waals surface area contributed by atoms with Gasteiger partial charge in [-0.3, -0.25) is 9.59 Å². The van der Waals surface area contributed by atoms with Gasteiger partial charge in [-0.2, -0.15) is 0 Å². The highest BCUT2D eigenvalue weighted by Crippen LogP contribution is 2.39. The summed E-state index contributed by atoms with van der Waals surface area (Å²) in [5.41, 5.74) is 3.62. The standard InChI is InChI=1S/C28H41NO5S/c1-4-34-28(33)24-20-14-12-10-8-6-5-7-9-11-13-15-23(20)35-26(24)29-25(30)21-16-18(2)19(3)17-22(21)27(31)32/h21-22H,4-17H2,1-3H3,(H,29,30)(H,31,32)/t21-,22+/m0/s1. The van der Waals surface area contributed by atoms with E-state index in [-0.39, 0.29) is 12.5 Å². The van der Waals surface area contributed by atoms with Crippen LogP contribution in [0.25, 0.3) is 0 Å². The molecule has 0 saturated carbocycles. The Bertz CT molecular complexity index is 947. The van der Waals surface area contributed by atoms with Crippen LogP contribution in [0.2, 0.25) is 0 Å². The van der Waals surface area contributed by atoms with Crippen LogP contribution in [0.5, 0.6) is 0 Å². The largest absolute Gasteiger partial charge is 0.481 e. The number of hydrogen-bond acceptors (Lipinski definition) is 5. The Morgan fingerprint density at radius 2 is 1.43 bits per heavy atom. The number of esters is 1. The number of allylic oxidation sites excluding steroid dienone is 2. The number of ether oxygens (including phenoxy) is 1. The van der Waals surface area contributed by atoms with E-state index in [0.29, 0.717) is 23.4 Å². The highest BCUT2D eigenvalue weighted by molar-refractivity contribution is 7.17. The minimum Gasteiger partial charge on any atom is -0.481 e. The fourth-order valence-corrected chi connectivity index (χ4v) is 6.62. The number of nitrogens with one attached hydrogen (secondary N) is 1. The minimum atomic E-state index is -0.948. The number of carboxylic acid groups (broad SMARTS) is 1. The number of carbonyl (C=O) groups is 3. The van der Waals surface area contributed by atoms with Crippen LogP contribution in [0.4, 0.5) is 5.00 Å². The van der Waals surface area contributed by atoms with Gasteiger partial charge in [-0.05, 0) is 64.9 Å². The predicted octanol–water partition coefficient (Wildman–Crippen LogP) is 6.92. The third kappa shape index (κ3) is 7.18. The van der Waals surface area contributed by atoms with Crippen molar-refractivity contribution in [2.45, 2.75) is 104 Å². The second kappa shape index (κ2) is 13.2. The summed E-state index contributed by atoms with van der Waals surface area (Å²) in [6.07, 6.45) is 13.2. The average molecular weight is 504 g/mol. The molecule has 7 heteroatoms. The van der Waals surface area contributed by atoms with E-state index in [1.807, 2.05) is 13.8 Å². The number of carbonyl (C=O) groups excluding carboxylic acids is 2. The molecule has 1 amide bonds. The lowest BCUT2D eigenvalue weighted by Crippen LogP contribution is -2.36. The maximum absolute atomic E-state index is 13.4. The molecule has 0 unspecified atom stereocenters. The van der Waals surface area contributed by atoms with Crippen LogP contribution >= 0.6 is 11.3 Å². The quantitative estimate of drug-likeness (QED) is 0.336. The number of carboxylic acids is 1. The number of anilines is 1. The van der Waals surface area contributed by atoms with Crippen LogP contribution in [0.15, 0.2) is 11.1 Å². The Balaban J connectivity index is 1.92. The molecule has 1 aromatic heterocycles. The van der Waals surface area contributed by atoms with Gasteiger partial charge in [-0.1, -0.05) is 56.1 Å². The summed E-state index contributed by atoms with van der Waals surface area (Å²) in [6, 6.07) is 0. The van der Waals surface area contributed by atoms with Crippen molar-refractivity contribution in [2.75, 3.05) is 11.9 Å². The topological polar surface area (TPSA) is 92.7 Å². The lowest BCUT2D eigenvalue weighted by molar-refractivity contribution is -0.146. The van der Waals surface area contributed by atoms with E-state index in [4.69, 9.17) is 4.74 Å². The molecule has 2 N–H and O–H groups in total. The van der Waals surface area contributed by atoms with E-state index in [1.54, 1.807) is 6.92 Å². The smallest absolute Gasteiger partial charge is 0.341 e. The van der Waals surface area contributed by atoms with Crippen LogP contribution in [-0.2, 0) is 27.2 Å². The molecule has 0 fully saturated rings. The molecule has 1 heterocycles. The SMILES string of the molecule is CCOC(=O)c1c(NC(=O)[C@H]2CC(C)=C(C)C[C@H]2C(=O)O)sc2c1CCCCCCCCCCC2. The number of rotatable bonds is 5. The van der Waals surface area contributed by atoms with Crippen molar-refractivity contribution in [1.82, 2.24) is 0 Å². The van der Waals surface area contributed by atoms with Crippen molar-refractivity contribution in [1.29, 1.82) is 0 Å². The van der Waals surface area contributed by atoms with Crippen molar-refractivity contribution >= 4 is 34.2 Å². The summed E-state index contributed by atoms with van der Waals surface area (Å²) in [5.74, 6) is -3.07. The highest BCUT2D eigenvalue weighted by Gasteiger charge is 2.38. The normalized spacial score (nSPS) is 22.3. The van der Waals surface area contributed by atoms with E-state index < -0.39 is 23.8 Å². The van der Waals surface area contributed by atoms with Crippen molar-refractivity contribution in [3.8, 4) is 0 Å². The van der Waals surface area contributed by atoms with Gasteiger partial charge in [0.25, 0.3) is 0 Å². The predicted molar refractivity (Wildman–Crippen MR) is 140 cm³/mol. The van der Waals surface area contributed by atoms with Gasteiger partial charge in [-0.15, -0.1) is 11.3 Å². The summed E-state index contributed by atoms with van der Waals surface area (Å²) < 4.78 is 5.42. The number of fused-ring (bicyclic) bond motifs is 1. The molecule has 0 aliphatic heterocycles. The first-order valence-electron chi connectivity index (χ1n) is 13.3. The molecule has 194 valence electrons. The van der Waals surface area contributed by atoms with Gasteiger partial charge in [0.05, 0.1) is 24.0 Å². The molecule has 0 radical (unpaired) electrons. The van der Waals surface area contributed by atoms with Gasteiger partial charge in [-0.25, -0.2) is 4.79 Å². The highest BCUT2D eigenvalue weighted by atomic mass is 32.1. The van der Waals surface area contributed by atoms with Gasteiger partial charge >= 0.3 is 11.9 Å². The number of aryl methyl sites for hydroxylation is 1. The van der Waals surface area contributed by atoms with Crippen LogP contribution < -0.4 is 5.32 Å². The summed E-state index contributed by atoms with van der Waals surface area (Å²) in [7, 11) is 0. The van der Waals surface area contributed by atoms with Gasteiger partial charge in [0.1, 0.15) is 5.00 Å². The second-order valence-corrected chi connectivity index (χ2v) is 11.2. The first-order chi connectivity index (χ1) is 16.8. The van der Waals surface area contributed by atoms with E-state index >= 15 is 0 Å². The fraction of sp³-hybridized carbons (Fsp3) is 0.679. The Morgan fingerprint density at radius 3 is 2.00 bits per heavy atom. The van der Waals surface area contributed by atoms with Crippen LogP contribution in [0.1, 0.15) is 112 Å². The monoisotopic (exact) mass is 503 g/mol. The molecule has 1 aromatic rings. The van der Waals surface area contributed by atoms with Crippen molar-refractivity contribution in [3.05, 3.63) is 27.2 Å². The Hall–Kier alpha value is -2.15. The molecule has 6 nitrogen and oxygen atoms in total. The molecule has 0 aromatic carbocycles. The lowest BCUT2D eigenvalue weighted by Gasteiger charge is -2.29. The maximum Gasteiger partial charge on any atom is 0.341 e. The van der Waals surface area contributed by atoms with Crippen molar-refractivity contribution < 1.29 is 24.2 Å². The van der Waals surface area contributed by atoms with Gasteiger partial charge in [0, 0.05) is 4.88 Å². The third-order valence-electron chi connectivity index (χ3n) is 7.56. The summed E-state index contributed by atoms with van der Waals surface area (Å²) in [5, 5.41) is 13.3. The number of thiophene rings is 1. The third-order valence-corrected chi connectivity index (χ3v) is 8.77. The van der Waals surface area contributed by atoms with Gasteiger partial charge in [0.2, 0.25) is 5.91 Å². The first-order valence-corrected chi connectivity index (χ1v) is 14.2. The van der Waals surface area contributed by atoms with E-state index in [2.05, 4.69) is 5.32 Å². The first kappa shape index (κ1) is 27.4. The van der Waals surface area contributed by atoms with Crippen molar-refractivity contribution in [3.63, 3.8) is 0 Å². The maximum atomic E-state index is 13.4. The summed E-state index contributed by atoms with van der Waals surface area (Å²) >= 11 is 1.48. The molecular formula is C28H41NO5S. The molecule has 2 aliphatic rings. The minimum absolute atomic E-state index is 0.268. The number of hydrogen-bond donors (Lipinski definition) is 2. The zero-order valence-corrected chi connectivity index (χ0v) is 22.4. The van der Waals surface area contributed by atoms with E-state index in [1.165, 1.54) is 49.9 Å². The van der Waals surface area contributed by atoms with Crippen LogP contribution in [0.3, 0.4) is 0 Å². The van der Waals surface area contributed by atoms with Gasteiger partial charge < -0.3 is 15.2 Å². The molecule has 35 heavy (non-hydrogen) atoms. The van der Waals surface area contributed by atoms with Crippen molar-refractivity contribution in [2.24, 2.45) is 11.8 Å². The Kier molecular flexibility index (Phi) is 10.4. The van der Waals surface area contributed by atoms with E-state index in [9.17, 15) is 19.5 Å². The van der Waals surface area contributed by atoms with Crippen LogP contribution in [-0.4, -0.2) is 29.6 Å². The van der Waals surface area contributed by atoms with E-state index in [0.717, 1.165) is 53.7 Å². The van der Waals surface area contributed by atoms with Gasteiger partial charge in [0.15, 0.2) is 0 Å². The number of aliphatic carboxylic acids is 1. The average Bonchev–Trinajstić information content (AvgIpc) is 3.15. The summed E-state index contributed by atoms with van der Waals surface area (Å²) in [4.78, 5) is 39.6. The van der Waals surface area contributed by atoms with Crippen LogP contribution in [0, 0.1) is 11.8 Å². The fourth-order valence-electron chi connectivity index (χ4n) is 5.34. The zero-order valence-electron chi connectivity index (χ0n) is 21.5. The second-order valence-electron chi connectivity index (χ2n) is 10.1. The molecule has 3 rings (SSSR count). The Morgan fingerprint density at radius 1 is 0.886 bits per heavy atom. The molecule has 0 spiro atoms. The molecular weight excluding hydrogens is 462 g/mol.